The van der Waals surface area contributed by atoms with Crippen LogP contribution in [0.2, 0.25) is 0 Å². The predicted octanol–water partition coefficient (Wildman–Crippen LogP) is 1.83. The summed E-state index contributed by atoms with van der Waals surface area (Å²) in [5, 5.41) is 0. The maximum absolute atomic E-state index is 11.1. The molecule has 0 atom stereocenters. The second-order valence-corrected chi connectivity index (χ2v) is 2.96. The molecule has 1 rings (SSSR count). The van der Waals surface area contributed by atoms with Gasteiger partial charge in [-0.25, -0.2) is 14.8 Å². The lowest BCUT2D eigenvalue weighted by atomic mass is 10.4. The van der Waals surface area contributed by atoms with Crippen molar-refractivity contribution in [1.82, 2.24) is 9.97 Å². The van der Waals surface area contributed by atoms with E-state index in [1.54, 1.807) is 18.5 Å². The lowest BCUT2D eigenvalue weighted by Crippen LogP contribution is -2.01. The molecule has 0 spiro atoms. The zero-order chi connectivity index (χ0) is 10.9. The van der Waals surface area contributed by atoms with Crippen LogP contribution >= 0.6 is 0 Å². The van der Waals surface area contributed by atoms with Gasteiger partial charge in [0.1, 0.15) is 0 Å². The van der Waals surface area contributed by atoms with Crippen molar-refractivity contribution in [1.29, 1.82) is 0 Å². The first-order chi connectivity index (χ1) is 7.33. The predicted molar refractivity (Wildman–Crippen MR) is 56.9 cm³/mol. The van der Waals surface area contributed by atoms with E-state index in [-0.39, 0.29) is 5.97 Å². The molecule has 0 bridgehead atoms. The summed E-state index contributed by atoms with van der Waals surface area (Å²) in [4.78, 5) is 19.0. The number of unbranched alkanes of at least 4 members (excludes halogenated alkanes) is 1. The topological polar surface area (TPSA) is 52.1 Å². The summed E-state index contributed by atoms with van der Waals surface area (Å²) < 4.78 is 4.92. The third-order valence-corrected chi connectivity index (χ3v) is 1.70. The Morgan fingerprint density at radius 1 is 1.47 bits per heavy atom. The molecule has 0 amide bonds. The van der Waals surface area contributed by atoms with Crippen LogP contribution in [0.15, 0.2) is 24.5 Å². The molecule has 0 aliphatic carbocycles. The number of rotatable bonds is 5. The van der Waals surface area contributed by atoms with Crippen molar-refractivity contribution in [3.05, 3.63) is 30.4 Å². The Morgan fingerprint density at radius 2 is 2.20 bits per heavy atom. The van der Waals surface area contributed by atoms with E-state index in [0.29, 0.717) is 12.4 Å². The van der Waals surface area contributed by atoms with Gasteiger partial charge in [0.15, 0.2) is 5.82 Å². The van der Waals surface area contributed by atoms with E-state index in [1.165, 1.54) is 12.2 Å². The van der Waals surface area contributed by atoms with Gasteiger partial charge in [-0.3, -0.25) is 0 Å². The monoisotopic (exact) mass is 206 g/mol. The smallest absolute Gasteiger partial charge is 0.330 e. The molecule has 1 heterocycles. The van der Waals surface area contributed by atoms with Gasteiger partial charge >= 0.3 is 5.97 Å². The fraction of sp³-hybridized carbons (Fsp3) is 0.364. The number of ether oxygens (including phenoxy) is 1. The highest BCUT2D eigenvalue weighted by atomic mass is 16.5. The molecular weight excluding hydrogens is 192 g/mol. The average Bonchev–Trinajstić information content (AvgIpc) is 2.28. The molecule has 4 heteroatoms. The zero-order valence-corrected chi connectivity index (χ0v) is 8.72. The Hall–Kier alpha value is -1.71. The number of esters is 1. The van der Waals surface area contributed by atoms with Gasteiger partial charge in [-0.1, -0.05) is 13.3 Å². The molecule has 0 fully saturated rings. The van der Waals surface area contributed by atoms with E-state index < -0.39 is 0 Å². The van der Waals surface area contributed by atoms with Gasteiger partial charge in [0.25, 0.3) is 0 Å². The summed E-state index contributed by atoms with van der Waals surface area (Å²) in [6.07, 6.45) is 8.02. The van der Waals surface area contributed by atoms with Crippen molar-refractivity contribution in [3.63, 3.8) is 0 Å². The Kier molecular flexibility index (Phi) is 5.08. The molecule has 1 aromatic heterocycles. The lowest BCUT2D eigenvalue weighted by Gasteiger charge is -1.98. The molecule has 0 unspecified atom stereocenters. The van der Waals surface area contributed by atoms with Crippen molar-refractivity contribution in [3.8, 4) is 0 Å². The number of hydrogen-bond acceptors (Lipinski definition) is 4. The fourth-order valence-electron chi connectivity index (χ4n) is 0.904. The number of aromatic nitrogens is 2. The molecule has 4 nitrogen and oxygen atoms in total. The first kappa shape index (κ1) is 11.4. The van der Waals surface area contributed by atoms with Crippen LogP contribution in [0.1, 0.15) is 25.6 Å². The van der Waals surface area contributed by atoms with Crippen molar-refractivity contribution >= 4 is 12.0 Å². The Morgan fingerprint density at radius 3 is 2.87 bits per heavy atom. The number of nitrogens with zero attached hydrogens (tertiary/aromatic N) is 2. The minimum atomic E-state index is -0.351. The molecular formula is C11H14N2O2. The zero-order valence-electron chi connectivity index (χ0n) is 8.72. The van der Waals surface area contributed by atoms with Crippen LogP contribution in [0.25, 0.3) is 6.08 Å². The first-order valence-electron chi connectivity index (χ1n) is 4.94. The third-order valence-electron chi connectivity index (χ3n) is 1.70. The minimum absolute atomic E-state index is 0.351. The molecule has 0 saturated carbocycles. The molecule has 0 radical (unpaired) electrons. The van der Waals surface area contributed by atoms with Gasteiger partial charge in [-0.05, 0) is 18.6 Å². The lowest BCUT2D eigenvalue weighted by molar-refractivity contribution is -0.137. The molecule has 0 aliphatic heterocycles. The average molecular weight is 206 g/mol. The van der Waals surface area contributed by atoms with E-state index in [0.717, 1.165) is 12.8 Å². The van der Waals surface area contributed by atoms with Gasteiger partial charge < -0.3 is 4.74 Å². The van der Waals surface area contributed by atoms with Crippen LogP contribution in [0.3, 0.4) is 0 Å². The molecule has 15 heavy (non-hydrogen) atoms. The Balaban J connectivity index is 2.34. The second-order valence-electron chi connectivity index (χ2n) is 2.96. The Bertz CT molecular complexity index is 323. The standard InChI is InChI=1S/C11H14N2O2/c1-2-3-9-15-11(14)6-5-10-12-7-4-8-13-10/h4-8H,2-3,9H2,1H3/b6-5+. The van der Waals surface area contributed by atoms with Gasteiger partial charge in [-0.2, -0.15) is 0 Å². The van der Waals surface area contributed by atoms with Crippen molar-refractivity contribution in [2.45, 2.75) is 19.8 Å². The fourth-order valence-corrected chi connectivity index (χ4v) is 0.904. The van der Waals surface area contributed by atoms with E-state index in [4.69, 9.17) is 4.74 Å². The molecule has 0 aliphatic rings. The van der Waals surface area contributed by atoms with Crippen LogP contribution in [0.5, 0.6) is 0 Å². The van der Waals surface area contributed by atoms with Crippen LogP contribution in [-0.4, -0.2) is 22.5 Å². The summed E-state index contributed by atoms with van der Waals surface area (Å²) in [5.41, 5.74) is 0. The van der Waals surface area contributed by atoms with E-state index >= 15 is 0 Å². The van der Waals surface area contributed by atoms with Crippen molar-refractivity contribution in [2.24, 2.45) is 0 Å². The molecule has 0 N–H and O–H groups in total. The van der Waals surface area contributed by atoms with Gasteiger partial charge in [-0.15, -0.1) is 0 Å². The maximum atomic E-state index is 11.1. The summed E-state index contributed by atoms with van der Waals surface area (Å²) in [5.74, 6) is 0.154. The number of carbonyl (C=O) groups is 1. The van der Waals surface area contributed by atoms with E-state index in [2.05, 4.69) is 9.97 Å². The van der Waals surface area contributed by atoms with Gasteiger partial charge in [0.2, 0.25) is 0 Å². The largest absolute Gasteiger partial charge is 0.463 e. The molecule has 0 saturated heterocycles. The highest BCUT2D eigenvalue weighted by molar-refractivity contribution is 5.86. The second kappa shape index (κ2) is 6.70. The molecule has 1 aromatic rings. The SMILES string of the molecule is CCCCOC(=O)/C=C/c1ncccn1. The van der Waals surface area contributed by atoms with E-state index in [9.17, 15) is 4.79 Å². The highest BCUT2D eigenvalue weighted by Crippen LogP contribution is 1.94. The summed E-state index contributed by atoms with van der Waals surface area (Å²) in [7, 11) is 0. The van der Waals surface area contributed by atoms with Gasteiger partial charge in [0.05, 0.1) is 6.61 Å². The normalized spacial score (nSPS) is 10.5. The van der Waals surface area contributed by atoms with Crippen LogP contribution in [0.4, 0.5) is 0 Å². The number of hydrogen-bond donors (Lipinski definition) is 0. The third kappa shape index (κ3) is 4.90. The highest BCUT2D eigenvalue weighted by Gasteiger charge is 1.96. The van der Waals surface area contributed by atoms with Crippen molar-refractivity contribution < 1.29 is 9.53 Å². The van der Waals surface area contributed by atoms with Crippen LogP contribution < -0.4 is 0 Å². The van der Waals surface area contributed by atoms with Crippen LogP contribution in [0, 0.1) is 0 Å². The van der Waals surface area contributed by atoms with Gasteiger partial charge in [0, 0.05) is 18.5 Å². The quantitative estimate of drug-likeness (QED) is 0.419. The van der Waals surface area contributed by atoms with Crippen molar-refractivity contribution in [2.75, 3.05) is 6.61 Å². The minimum Gasteiger partial charge on any atom is -0.463 e. The van der Waals surface area contributed by atoms with E-state index in [1.807, 2.05) is 6.92 Å². The Labute approximate surface area is 89.0 Å². The summed E-state index contributed by atoms with van der Waals surface area (Å²) >= 11 is 0. The first-order valence-corrected chi connectivity index (χ1v) is 4.94. The summed E-state index contributed by atoms with van der Waals surface area (Å²) in [6.45, 7) is 2.51. The number of carbonyl (C=O) groups excluding carboxylic acids is 1. The molecule has 0 aromatic carbocycles. The molecule has 80 valence electrons. The maximum Gasteiger partial charge on any atom is 0.330 e. The summed E-state index contributed by atoms with van der Waals surface area (Å²) in [6, 6.07) is 1.72. The van der Waals surface area contributed by atoms with Crippen LogP contribution in [-0.2, 0) is 9.53 Å².